The van der Waals surface area contributed by atoms with E-state index in [0.717, 1.165) is 12.1 Å². The van der Waals surface area contributed by atoms with Crippen molar-refractivity contribution in [2.75, 3.05) is 11.9 Å². The van der Waals surface area contributed by atoms with Gasteiger partial charge in [0, 0.05) is 11.7 Å². The normalized spacial score (nSPS) is 10.2. The summed E-state index contributed by atoms with van der Waals surface area (Å²) in [6.45, 7) is 6.35. The first kappa shape index (κ1) is 12.6. The number of hydrogen-bond donors (Lipinski definition) is 2. The third-order valence-corrected chi connectivity index (χ3v) is 2.24. The van der Waals surface area contributed by atoms with Crippen LogP contribution in [0.4, 0.5) is 5.69 Å². The van der Waals surface area contributed by atoms with Crippen LogP contribution in [0.2, 0.25) is 0 Å². The predicted molar refractivity (Wildman–Crippen MR) is 67.6 cm³/mol. The molecule has 0 atom stereocenters. The van der Waals surface area contributed by atoms with Gasteiger partial charge in [0.25, 0.3) is 0 Å². The molecule has 0 saturated heterocycles. The Hall–Kier alpha value is -1.51. The van der Waals surface area contributed by atoms with E-state index in [1.165, 1.54) is 5.56 Å². The lowest BCUT2D eigenvalue weighted by atomic mass is 10.1. The Morgan fingerprint density at radius 2 is 2.12 bits per heavy atom. The van der Waals surface area contributed by atoms with Gasteiger partial charge in [-0.05, 0) is 38.0 Å². The Balaban J connectivity index is 2.45. The highest BCUT2D eigenvalue weighted by molar-refractivity contribution is 5.80. The summed E-state index contributed by atoms with van der Waals surface area (Å²) < 4.78 is 0. The summed E-state index contributed by atoms with van der Waals surface area (Å²) in [7, 11) is 0. The smallest absolute Gasteiger partial charge is 0.239 e. The van der Waals surface area contributed by atoms with Crippen LogP contribution in [-0.2, 0) is 11.2 Å². The van der Waals surface area contributed by atoms with Crippen molar-refractivity contribution >= 4 is 11.6 Å². The molecule has 0 bridgehead atoms. The average Bonchev–Trinajstić information content (AvgIpc) is 2.26. The summed E-state index contributed by atoms with van der Waals surface area (Å²) in [4.78, 5) is 11.4. The van der Waals surface area contributed by atoms with E-state index < -0.39 is 0 Å². The fraction of sp³-hybridized carbons (Fsp3) is 0.462. The number of carbonyl (C=O) groups excluding carboxylic acids is 1. The summed E-state index contributed by atoms with van der Waals surface area (Å²) in [5, 5.41) is 5.95. The maximum absolute atomic E-state index is 11.4. The number of nitrogens with one attached hydrogen (secondary N) is 2. The zero-order valence-electron chi connectivity index (χ0n) is 10.2. The minimum atomic E-state index is 0.0249. The number of amides is 1. The molecule has 0 saturated carbocycles. The molecule has 0 unspecified atom stereocenters. The fourth-order valence-corrected chi connectivity index (χ4v) is 1.46. The van der Waals surface area contributed by atoms with Crippen molar-refractivity contribution in [3.8, 4) is 0 Å². The Morgan fingerprint density at radius 1 is 1.38 bits per heavy atom. The van der Waals surface area contributed by atoms with Gasteiger partial charge in [-0.15, -0.1) is 0 Å². The molecule has 16 heavy (non-hydrogen) atoms. The van der Waals surface area contributed by atoms with Crippen molar-refractivity contribution in [1.82, 2.24) is 5.32 Å². The lowest BCUT2D eigenvalue weighted by Crippen LogP contribution is -2.34. The second kappa shape index (κ2) is 6.16. The van der Waals surface area contributed by atoms with Crippen molar-refractivity contribution in [2.24, 2.45) is 0 Å². The topological polar surface area (TPSA) is 41.1 Å². The molecule has 88 valence electrons. The number of anilines is 1. The molecule has 3 heteroatoms. The van der Waals surface area contributed by atoms with Crippen LogP contribution in [0.15, 0.2) is 24.3 Å². The van der Waals surface area contributed by atoms with Crippen LogP contribution in [-0.4, -0.2) is 18.5 Å². The summed E-state index contributed by atoms with van der Waals surface area (Å²) in [5.74, 6) is 0.0249. The fourth-order valence-electron chi connectivity index (χ4n) is 1.46. The first-order valence-corrected chi connectivity index (χ1v) is 5.74. The Kier molecular flexibility index (Phi) is 4.83. The van der Waals surface area contributed by atoms with Gasteiger partial charge >= 0.3 is 0 Å². The van der Waals surface area contributed by atoms with Crippen LogP contribution in [0.3, 0.4) is 0 Å². The highest BCUT2D eigenvalue weighted by Crippen LogP contribution is 2.10. The lowest BCUT2D eigenvalue weighted by molar-refractivity contribution is -0.119. The van der Waals surface area contributed by atoms with E-state index in [2.05, 4.69) is 29.7 Å². The summed E-state index contributed by atoms with van der Waals surface area (Å²) in [6.07, 6.45) is 1.01. The Bertz CT molecular complexity index is 348. The van der Waals surface area contributed by atoms with E-state index in [1.54, 1.807) is 0 Å². The second-order valence-corrected chi connectivity index (χ2v) is 4.13. The van der Waals surface area contributed by atoms with Gasteiger partial charge in [0.1, 0.15) is 0 Å². The van der Waals surface area contributed by atoms with Crippen LogP contribution >= 0.6 is 0 Å². The minimum absolute atomic E-state index is 0.0249. The quantitative estimate of drug-likeness (QED) is 0.798. The van der Waals surface area contributed by atoms with Gasteiger partial charge in [-0.3, -0.25) is 4.79 Å². The average molecular weight is 220 g/mol. The zero-order valence-corrected chi connectivity index (χ0v) is 10.2. The van der Waals surface area contributed by atoms with Crippen molar-refractivity contribution in [3.63, 3.8) is 0 Å². The van der Waals surface area contributed by atoms with E-state index in [0.29, 0.717) is 6.54 Å². The molecule has 0 spiro atoms. The van der Waals surface area contributed by atoms with Crippen molar-refractivity contribution in [1.29, 1.82) is 0 Å². The second-order valence-electron chi connectivity index (χ2n) is 4.13. The van der Waals surface area contributed by atoms with Gasteiger partial charge in [-0.25, -0.2) is 0 Å². The predicted octanol–water partition coefficient (Wildman–Crippen LogP) is 2.19. The minimum Gasteiger partial charge on any atom is -0.376 e. The molecule has 0 fully saturated rings. The molecular formula is C13H20N2O. The molecule has 1 amide bonds. The van der Waals surface area contributed by atoms with Crippen LogP contribution in [0.1, 0.15) is 26.3 Å². The summed E-state index contributed by atoms with van der Waals surface area (Å²) in [5.41, 5.74) is 2.27. The highest BCUT2D eigenvalue weighted by atomic mass is 16.1. The molecule has 1 aromatic rings. The number of aryl methyl sites for hydroxylation is 1. The van der Waals surface area contributed by atoms with Gasteiger partial charge in [0.2, 0.25) is 5.91 Å². The third-order valence-electron chi connectivity index (χ3n) is 2.24. The molecule has 1 rings (SSSR count). The van der Waals surface area contributed by atoms with Crippen LogP contribution in [0, 0.1) is 0 Å². The van der Waals surface area contributed by atoms with E-state index in [1.807, 2.05) is 26.0 Å². The van der Waals surface area contributed by atoms with Crippen LogP contribution < -0.4 is 10.6 Å². The molecule has 2 N–H and O–H groups in total. The SMILES string of the molecule is CCc1cccc(NCC(=O)NC(C)C)c1. The number of hydrogen-bond acceptors (Lipinski definition) is 2. The highest BCUT2D eigenvalue weighted by Gasteiger charge is 2.02. The zero-order chi connectivity index (χ0) is 12.0. The van der Waals surface area contributed by atoms with Crippen LogP contribution in [0.5, 0.6) is 0 Å². The van der Waals surface area contributed by atoms with E-state index in [4.69, 9.17) is 0 Å². The third kappa shape index (κ3) is 4.34. The van der Waals surface area contributed by atoms with Gasteiger partial charge < -0.3 is 10.6 Å². The van der Waals surface area contributed by atoms with Crippen molar-refractivity contribution in [2.45, 2.75) is 33.2 Å². The van der Waals surface area contributed by atoms with Crippen LogP contribution in [0.25, 0.3) is 0 Å². The van der Waals surface area contributed by atoms with Gasteiger partial charge in [-0.2, -0.15) is 0 Å². The molecule has 0 radical (unpaired) electrons. The molecular weight excluding hydrogens is 200 g/mol. The molecule has 0 aliphatic carbocycles. The first-order chi connectivity index (χ1) is 7.61. The van der Waals surface area contributed by atoms with E-state index in [9.17, 15) is 4.79 Å². The van der Waals surface area contributed by atoms with Crippen molar-refractivity contribution < 1.29 is 4.79 Å². The molecule has 0 aromatic heterocycles. The van der Waals surface area contributed by atoms with Gasteiger partial charge in [0.15, 0.2) is 0 Å². The number of carbonyl (C=O) groups is 1. The van der Waals surface area contributed by atoms with E-state index >= 15 is 0 Å². The summed E-state index contributed by atoms with van der Waals surface area (Å²) in [6, 6.07) is 8.32. The van der Waals surface area contributed by atoms with Crippen molar-refractivity contribution in [3.05, 3.63) is 29.8 Å². The molecule has 0 heterocycles. The first-order valence-electron chi connectivity index (χ1n) is 5.74. The molecule has 0 aliphatic heterocycles. The number of benzene rings is 1. The van der Waals surface area contributed by atoms with Gasteiger partial charge in [-0.1, -0.05) is 19.1 Å². The maximum atomic E-state index is 11.4. The Morgan fingerprint density at radius 3 is 2.75 bits per heavy atom. The monoisotopic (exact) mass is 220 g/mol. The maximum Gasteiger partial charge on any atom is 0.239 e. The largest absolute Gasteiger partial charge is 0.376 e. The van der Waals surface area contributed by atoms with Gasteiger partial charge in [0.05, 0.1) is 6.54 Å². The number of rotatable bonds is 5. The standard InChI is InChI=1S/C13H20N2O/c1-4-11-6-5-7-12(8-11)14-9-13(16)15-10(2)3/h5-8,10,14H,4,9H2,1-3H3,(H,15,16). The molecule has 1 aromatic carbocycles. The lowest BCUT2D eigenvalue weighted by Gasteiger charge is -2.10. The molecule has 3 nitrogen and oxygen atoms in total. The molecule has 0 aliphatic rings. The summed E-state index contributed by atoms with van der Waals surface area (Å²) >= 11 is 0. The van der Waals surface area contributed by atoms with E-state index in [-0.39, 0.29) is 11.9 Å². The Labute approximate surface area is 97.2 Å².